The van der Waals surface area contributed by atoms with Gasteiger partial charge in [0, 0.05) is 0 Å². The fourth-order valence-corrected chi connectivity index (χ4v) is 4.93. The first-order valence-electron chi connectivity index (χ1n) is 8.11. The maximum absolute atomic E-state index is 13.1. The fourth-order valence-electron chi connectivity index (χ4n) is 4.93. The van der Waals surface area contributed by atoms with Gasteiger partial charge in [-0.2, -0.15) is 0 Å². The molecule has 23 heavy (non-hydrogen) atoms. The lowest BCUT2D eigenvalue weighted by Gasteiger charge is -2.49. The van der Waals surface area contributed by atoms with Gasteiger partial charge in [0.05, 0.1) is 30.0 Å². The number of hydrogen-bond acceptors (Lipinski definition) is 4. The van der Waals surface area contributed by atoms with Crippen molar-refractivity contribution < 1.29 is 19.1 Å². The summed E-state index contributed by atoms with van der Waals surface area (Å²) in [6, 6.07) is 9.00. The van der Waals surface area contributed by atoms with E-state index in [1.165, 1.54) is 12.0 Å². The normalized spacial score (nSPS) is 35.3. The number of fused-ring (bicyclic) bond motifs is 2. The van der Waals surface area contributed by atoms with Crippen LogP contribution in [0.3, 0.4) is 0 Å². The number of esters is 1. The van der Waals surface area contributed by atoms with Crippen LogP contribution in [0.25, 0.3) is 0 Å². The fraction of sp³-hybridized carbons (Fsp3) is 0.500. The van der Waals surface area contributed by atoms with Crippen molar-refractivity contribution >= 4 is 23.5 Å². The van der Waals surface area contributed by atoms with Crippen LogP contribution in [0.4, 0.5) is 5.69 Å². The van der Waals surface area contributed by atoms with Gasteiger partial charge in [-0.1, -0.05) is 18.2 Å². The molecule has 0 aromatic heterocycles. The molecular weight excluding hydrogens is 294 g/mol. The van der Waals surface area contributed by atoms with Crippen LogP contribution in [-0.2, 0) is 19.1 Å². The van der Waals surface area contributed by atoms with Gasteiger partial charge in [-0.15, -0.1) is 0 Å². The van der Waals surface area contributed by atoms with E-state index in [0.717, 1.165) is 12.8 Å². The molecule has 2 amide bonds. The molecule has 3 saturated carbocycles. The Morgan fingerprint density at radius 2 is 1.83 bits per heavy atom. The summed E-state index contributed by atoms with van der Waals surface area (Å²) < 4.78 is 4.95. The third kappa shape index (κ3) is 1.76. The molecule has 5 nitrogen and oxygen atoms in total. The van der Waals surface area contributed by atoms with Crippen molar-refractivity contribution in [2.45, 2.75) is 25.7 Å². The molecule has 1 aliphatic heterocycles. The highest BCUT2D eigenvalue weighted by atomic mass is 16.5. The summed E-state index contributed by atoms with van der Waals surface area (Å²) in [6.07, 6.45) is 3.03. The van der Waals surface area contributed by atoms with Gasteiger partial charge in [0.25, 0.3) is 0 Å². The second-order valence-corrected chi connectivity index (χ2v) is 6.83. The van der Waals surface area contributed by atoms with Gasteiger partial charge >= 0.3 is 5.97 Å². The Hall–Kier alpha value is -2.17. The standard InChI is InChI=1S/C18H19NO4/c1-23-16(21)13-11-7-9-18(10-8-11)14(13)15(20)19(17(18)22)12-5-3-2-4-6-12/h2-6,11,13-14H,7-10H2,1H3/t11?,13-,14-,18?/m0/s1. The van der Waals surface area contributed by atoms with E-state index in [1.54, 1.807) is 12.1 Å². The van der Waals surface area contributed by atoms with E-state index in [-0.39, 0.29) is 23.7 Å². The lowest BCUT2D eigenvalue weighted by Crippen LogP contribution is -2.52. The second kappa shape index (κ2) is 4.91. The number of hydrogen-bond donors (Lipinski definition) is 0. The van der Waals surface area contributed by atoms with Gasteiger partial charge in [-0.3, -0.25) is 14.4 Å². The Morgan fingerprint density at radius 3 is 2.43 bits per heavy atom. The summed E-state index contributed by atoms with van der Waals surface area (Å²) in [5.74, 6) is -1.60. The lowest BCUT2D eigenvalue weighted by molar-refractivity contribution is -0.165. The number of amides is 2. The summed E-state index contributed by atoms with van der Waals surface area (Å²) in [7, 11) is 1.35. The average molecular weight is 313 g/mol. The molecule has 1 aromatic carbocycles. The number of rotatable bonds is 2. The van der Waals surface area contributed by atoms with E-state index >= 15 is 0 Å². The molecule has 5 rings (SSSR count). The molecule has 2 bridgehead atoms. The summed E-state index contributed by atoms with van der Waals surface area (Å²) in [5.41, 5.74) is -0.112. The SMILES string of the molecule is COC(=O)[C@H]1C2CCC3(CC2)C(=O)N(c2ccccc2)C(=O)[C@H]13. The Bertz CT molecular complexity index is 676. The number of methoxy groups -OCH3 is 1. The second-order valence-electron chi connectivity index (χ2n) is 6.83. The number of anilines is 1. The number of ether oxygens (including phenoxy) is 1. The average Bonchev–Trinajstić information content (AvgIpc) is 2.83. The smallest absolute Gasteiger partial charge is 0.309 e. The van der Waals surface area contributed by atoms with Crippen molar-refractivity contribution in [3.05, 3.63) is 30.3 Å². The van der Waals surface area contributed by atoms with Crippen molar-refractivity contribution in [2.75, 3.05) is 12.0 Å². The molecule has 1 saturated heterocycles. The van der Waals surface area contributed by atoms with E-state index < -0.39 is 17.3 Å². The first-order valence-corrected chi connectivity index (χ1v) is 8.11. The van der Waals surface area contributed by atoms with Crippen molar-refractivity contribution in [3.63, 3.8) is 0 Å². The molecule has 1 spiro atoms. The van der Waals surface area contributed by atoms with E-state index in [0.29, 0.717) is 18.5 Å². The van der Waals surface area contributed by atoms with Gasteiger partial charge in [0.1, 0.15) is 0 Å². The largest absolute Gasteiger partial charge is 0.469 e. The third-order valence-corrected chi connectivity index (χ3v) is 5.99. The monoisotopic (exact) mass is 313 g/mol. The summed E-state index contributed by atoms with van der Waals surface area (Å²) >= 11 is 0. The summed E-state index contributed by atoms with van der Waals surface area (Å²) in [6.45, 7) is 0. The third-order valence-electron chi connectivity index (χ3n) is 5.99. The topological polar surface area (TPSA) is 63.7 Å². The van der Waals surface area contributed by atoms with Crippen LogP contribution >= 0.6 is 0 Å². The predicted molar refractivity (Wildman–Crippen MR) is 82.3 cm³/mol. The molecule has 4 aliphatic rings. The first-order chi connectivity index (χ1) is 11.1. The van der Waals surface area contributed by atoms with Gasteiger partial charge in [0.2, 0.25) is 11.8 Å². The number of nitrogens with zero attached hydrogens (tertiary/aromatic N) is 1. The summed E-state index contributed by atoms with van der Waals surface area (Å²) in [4.78, 5) is 39.8. The number of para-hydroxylation sites is 1. The van der Waals surface area contributed by atoms with E-state index in [2.05, 4.69) is 0 Å². The quantitative estimate of drug-likeness (QED) is 0.620. The summed E-state index contributed by atoms with van der Waals surface area (Å²) in [5, 5.41) is 0. The maximum atomic E-state index is 13.1. The minimum Gasteiger partial charge on any atom is -0.469 e. The van der Waals surface area contributed by atoms with Crippen LogP contribution in [0.2, 0.25) is 0 Å². The Balaban J connectivity index is 1.81. The zero-order valence-electron chi connectivity index (χ0n) is 13.0. The molecule has 0 N–H and O–H groups in total. The van der Waals surface area contributed by atoms with Crippen LogP contribution in [0, 0.1) is 23.2 Å². The van der Waals surface area contributed by atoms with E-state index in [4.69, 9.17) is 4.74 Å². The molecule has 120 valence electrons. The highest BCUT2D eigenvalue weighted by Gasteiger charge is 2.68. The van der Waals surface area contributed by atoms with Crippen LogP contribution in [0.15, 0.2) is 30.3 Å². The molecule has 5 heteroatoms. The number of imide groups is 1. The van der Waals surface area contributed by atoms with E-state index in [1.807, 2.05) is 18.2 Å². The van der Waals surface area contributed by atoms with Gasteiger partial charge in [-0.05, 0) is 43.7 Å². The molecule has 1 heterocycles. The van der Waals surface area contributed by atoms with Crippen LogP contribution < -0.4 is 4.90 Å². The van der Waals surface area contributed by atoms with Crippen molar-refractivity contribution in [1.82, 2.24) is 0 Å². The van der Waals surface area contributed by atoms with Crippen LogP contribution in [0.5, 0.6) is 0 Å². The van der Waals surface area contributed by atoms with Gasteiger partial charge in [-0.25, -0.2) is 4.90 Å². The maximum Gasteiger partial charge on any atom is 0.309 e. The minimum absolute atomic E-state index is 0.134. The predicted octanol–water partition coefficient (Wildman–Crippen LogP) is 2.16. The number of benzene rings is 1. The van der Waals surface area contributed by atoms with Crippen LogP contribution in [0.1, 0.15) is 25.7 Å². The highest BCUT2D eigenvalue weighted by Crippen LogP contribution is 2.61. The highest BCUT2D eigenvalue weighted by molar-refractivity contribution is 6.24. The zero-order chi connectivity index (χ0) is 16.2. The molecule has 3 aliphatic carbocycles. The van der Waals surface area contributed by atoms with Gasteiger partial charge in [0.15, 0.2) is 0 Å². The zero-order valence-corrected chi connectivity index (χ0v) is 13.0. The molecular formula is C18H19NO4. The molecule has 1 aromatic rings. The van der Waals surface area contributed by atoms with Crippen molar-refractivity contribution in [1.29, 1.82) is 0 Å². The molecule has 0 radical (unpaired) electrons. The Kier molecular flexibility index (Phi) is 3.08. The van der Waals surface area contributed by atoms with E-state index in [9.17, 15) is 14.4 Å². The van der Waals surface area contributed by atoms with Gasteiger partial charge < -0.3 is 4.74 Å². The lowest BCUT2D eigenvalue weighted by atomic mass is 9.51. The Morgan fingerprint density at radius 1 is 1.17 bits per heavy atom. The Labute approximate surface area is 134 Å². The van der Waals surface area contributed by atoms with Crippen molar-refractivity contribution in [3.8, 4) is 0 Å². The first kappa shape index (κ1) is 14.4. The molecule has 4 fully saturated rings. The van der Waals surface area contributed by atoms with Crippen molar-refractivity contribution in [2.24, 2.45) is 23.2 Å². The van der Waals surface area contributed by atoms with Crippen LogP contribution in [-0.4, -0.2) is 24.9 Å². The number of carbonyl (C=O) groups is 3. The molecule has 0 unspecified atom stereocenters. The minimum atomic E-state index is -0.708. The number of carbonyl (C=O) groups excluding carboxylic acids is 3. The molecule has 2 atom stereocenters.